The summed E-state index contributed by atoms with van der Waals surface area (Å²) in [6.45, 7) is 11.2. The lowest BCUT2D eigenvalue weighted by molar-refractivity contribution is -0.0130. The fourth-order valence-electron chi connectivity index (χ4n) is 4.93. The van der Waals surface area contributed by atoms with Crippen molar-refractivity contribution in [3.05, 3.63) is 60.7 Å². The van der Waals surface area contributed by atoms with Crippen molar-refractivity contribution >= 4 is 18.9 Å². The van der Waals surface area contributed by atoms with E-state index in [0.717, 1.165) is 16.8 Å². The molecule has 1 saturated carbocycles. The van der Waals surface area contributed by atoms with Crippen LogP contribution in [0.15, 0.2) is 60.7 Å². The predicted octanol–water partition coefficient (Wildman–Crippen LogP) is 4.90. The highest BCUT2D eigenvalue weighted by Gasteiger charge is 2.50. The number of benzene rings is 2. The summed E-state index contributed by atoms with van der Waals surface area (Å²) in [6.07, 6.45) is 4.28. The average molecular weight is 441 g/mol. The lowest BCUT2D eigenvalue weighted by atomic mass is 9.75. The SMILES string of the molecule is CC(C)[C@H]1CC[C@H](C)C[C@@H]1O[Si](OC(C)(C)CCO)(c1ccccc1)c1ccccc1. The third kappa shape index (κ3) is 5.86. The second-order valence-electron chi connectivity index (χ2n) is 10.2. The summed E-state index contributed by atoms with van der Waals surface area (Å²) in [5.74, 6) is 1.75. The van der Waals surface area contributed by atoms with Gasteiger partial charge in [-0.2, -0.15) is 0 Å². The second-order valence-corrected chi connectivity index (χ2v) is 13.0. The van der Waals surface area contributed by atoms with Crippen LogP contribution in [0.2, 0.25) is 0 Å². The third-order valence-electron chi connectivity index (χ3n) is 6.72. The minimum Gasteiger partial charge on any atom is -0.396 e. The summed E-state index contributed by atoms with van der Waals surface area (Å²) in [6, 6.07) is 21.0. The van der Waals surface area contributed by atoms with Crippen LogP contribution in [0.3, 0.4) is 0 Å². The monoisotopic (exact) mass is 440 g/mol. The van der Waals surface area contributed by atoms with Crippen LogP contribution < -0.4 is 10.4 Å². The number of aliphatic hydroxyl groups excluding tert-OH is 1. The Morgan fingerprint density at radius 3 is 2.00 bits per heavy atom. The molecular formula is C27H40O3Si. The molecule has 3 rings (SSSR count). The topological polar surface area (TPSA) is 38.7 Å². The normalized spacial score (nSPS) is 22.6. The molecule has 3 nitrogen and oxygen atoms in total. The second kappa shape index (κ2) is 10.4. The molecule has 31 heavy (non-hydrogen) atoms. The maximum atomic E-state index is 9.71. The molecule has 1 aliphatic carbocycles. The van der Waals surface area contributed by atoms with Crippen molar-refractivity contribution in [2.24, 2.45) is 17.8 Å². The number of aliphatic hydroxyl groups is 1. The largest absolute Gasteiger partial charge is 0.407 e. The molecule has 0 heterocycles. The van der Waals surface area contributed by atoms with Crippen molar-refractivity contribution in [3.63, 3.8) is 0 Å². The minimum atomic E-state index is -3.04. The quantitative estimate of drug-likeness (QED) is 0.564. The molecule has 2 aromatic carbocycles. The van der Waals surface area contributed by atoms with Gasteiger partial charge in [-0.3, -0.25) is 0 Å². The lowest BCUT2D eigenvalue weighted by Gasteiger charge is -2.45. The molecule has 1 aliphatic rings. The van der Waals surface area contributed by atoms with E-state index in [-0.39, 0.29) is 12.7 Å². The molecule has 0 bridgehead atoms. The van der Waals surface area contributed by atoms with Crippen LogP contribution >= 0.6 is 0 Å². The van der Waals surface area contributed by atoms with Crippen molar-refractivity contribution in [2.75, 3.05) is 6.61 Å². The zero-order valence-electron chi connectivity index (χ0n) is 19.9. The van der Waals surface area contributed by atoms with Gasteiger partial charge < -0.3 is 14.0 Å². The van der Waals surface area contributed by atoms with Gasteiger partial charge in [0, 0.05) is 6.61 Å². The maximum Gasteiger partial charge on any atom is 0.407 e. The van der Waals surface area contributed by atoms with Gasteiger partial charge in [0.2, 0.25) is 0 Å². The zero-order valence-corrected chi connectivity index (χ0v) is 20.9. The van der Waals surface area contributed by atoms with Gasteiger partial charge in [0.15, 0.2) is 0 Å². The molecule has 170 valence electrons. The van der Waals surface area contributed by atoms with Crippen molar-refractivity contribution in [1.82, 2.24) is 0 Å². The van der Waals surface area contributed by atoms with Gasteiger partial charge in [-0.1, -0.05) is 87.9 Å². The van der Waals surface area contributed by atoms with Gasteiger partial charge >= 0.3 is 8.56 Å². The first kappa shape index (κ1) is 24.2. The Morgan fingerprint density at radius 2 is 1.52 bits per heavy atom. The highest BCUT2D eigenvalue weighted by Crippen LogP contribution is 2.37. The van der Waals surface area contributed by atoms with Gasteiger partial charge in [-0.05, 0) is 61.2 Å². The molecule has 3 atom stereocenters. The van der Waals surface area contributed by atoms with Crippen LogP contribution in [-0.4, -0.2) is 32.0 Å². The number of hydrogen-bond acceptors (Lipinski definition) is 3. The lowest BCUT2D eigenvalue weighted by Crippen LogP contribution is -2.68. The molecule has 1 N–H and O–H groups in total. The van der Waals surface area contributed by atoms with E-state index in [0.29, 0.717) is 24.2 Å². The van der Waals surface area contributed by atoms with Gasteiger partial charge in [0.25, 0.3) is 0 Å². The zero-order chi connectivity index (χ0) is 22.5. The summed E-state index contributed by atoms with van der Waals surface area (Å²) >= 11 is 0. The van der Waals surface area contributed by atoms with Crippen LogP contribution in [0, 0.1) is 17.8 Å². The van der Waals surface area contributed by atoms with Crippen LogP contribution in [0.5, 0.6) is 0 Å². The Labute approximate surface area is 190 Å². The van der Waals surface area contributed by atoms with Crippen molar-refractivity contribution in [1.29, 1.82) is 0 Å². The van der Waals surface area contributed by atoms with Crippen molar-refractivity contribution in [2.45, 2.75) is 72.0 Å². The van der Waals surface area contributed by atoms with Crippen LogP contribution in [0.1, 0.15) is 60.3 Å². The Morgan fingerprint density at radius 1 is 0.968 bits per heavy atom. The Bertz CT molecular complexity index is 751. The van der Waals surface area contributed by atoms with Gasteiger partial charge in [0.05, 0.1) is 11.7 Å². The molecule has 0 spiro atoms. The van der Waals surface area contributed by atoms with Crippen LogP contribution in [0.4, 0.5) is 0 Å². The summed E-state index contributed by atoms with van der Waals surface area (Å²) in [7, 11) is -3.04. The molecular weight excluding hydrogens is 400 g/mol. The molecule has 0 aliphatic heterocycles. The highest BCUT2D eigenvalue weighted by molar-refractivity contribution is 6.92. The molecule has 0 aromatic heterocycles. The van der Waals surface area contributed by atoms with E-state index in [1.807, 2.05) is 12.1 Å². The summed E-state index contributed by atoms with van der Waals surface area (Å²) in [5, 5.41) is 12.0. The highest BCUT2D eigenvalue weighted by atomic mass is 28.4. The van der Waals surface area contributed by atoms with E-state index < -0.39 is 14.2 Å². The van der Waals surface area contributed by atoms with E-state index in [2.05, 4.69) is 83.1 Å². The number of hydrogen-bond donors (Lipinski definition) is 1. The molecule has 0 amide bonds. The van der Waals surface area contributed by atoms with E-state index in [4.69, 9.17) is 8.85 Å². The summed E-state index contributed by atoms with van der Waals surface area (Å²) in [4.78, 5) is 0. The van der Waals surface area contributed by atoms with E-state index in [1.165, 1.54) is 12.8 Å². The predicted molar refractivity (Wildman–Crippen MR) is 131 cm³/mol. The van der Waals surface area contributed by atoms with E-state index in [1.54, 1.807) is 0 Å². The first-order valence-corrected chi connectivity index (χ1v) is 13.7. The first-order valence-electron chi connectivity index (χ1n) is 11.9. The summed E-state index contributed by atoms with van der Waals surface area (Å²) < 4.78 is 14.4. The maximum absolute atomic E-state index is 9.71. The molecule has 4 heteroatoms. The third-order valence-corrected chi connectivity index (χ3v) is 10.4. The van der Waals surface area contributed by atoms with Crippen molar-refractivity contribution < 1.29 is 14.0 Å². The first-order chi connectivity index (χ1) is 14.8. The minimum absolute atomic E-state index is 0.0934. The fourth-order valence-corrected chi connectivity index (χ4v) is 8.66. The number of rotatable bonds is 9. The Hall–Kier alpha value is -1.46. The van der Waals surface area contributed by atoms with E-state index >= 15 is 0 Å². The van der Waals surface area contributed by atoms with Gasteiger partial charge in [-0.15, -0.1) is 0 Å². The smallest absolute Gasteiger partial charge is 0.396 e. The molecule has 1 fully saturated rings. The van der Waals surface area contributed by atoms with Gasteiger partial charge in [-0.25, -0.2) is 0 Å². The fraction of sp³-hybridized carbons (Fsp3) is 0.556. The molecule has 2 aromatic rings. The van der Waals surface area contributed by atoms with Gasteiger partial charge in [0.1, 0.15) is 0 Å². The van der Waals surface area contributed by atoms with E-state index in [9.17, 15) is 5.11 Å². The molecule has 0 unspecified atom stereocenters. The molecule has 0 radical (unpaired) electrons. The van der Waals surface area contributed by atoms with Crippen LogP contribution in [-0.2, 0) is 8.85 Å². The average Bonchev–Trinajstić information content (AvgIpc) is 2.74. The standard InChI is InChI=1S/C27H40O3Si/c1-21(2)25-17-16-22(3)20-26(25)29-31(23-12-8-6-9-13-23,24-14-10-7-11-15-24)30-27(4,5)18-19-28/h6-15,21-22,25-26,28H,16-20H2,1-5H3/t22-,25+,26-/m0/s1. The molecule has 0 saturated heterocycles. The van der Waals surface area contributed by atoms with Crippen molar-refractivity contribution in [3.8, 4) is 0 Å². The van der Waals surface area contributed by atoms with Crippen LogP contribution in [0.25, 0.3) is 0 Å². The Kier molecular flexibility index (Phi) is 8.14. The summed E-state index contributed by atoms with van der Waals surface area (Å²) in [5.41, 5.74) is -0.500. The Balaban J connectivity index is 2.13.